The Bertz CT molecular complexity index is 597. The zero-order valence-electron chi connectivity index (χ0n) is 14.6. The number of carbonyl (C=O) groups excluding carboxylic acids is 1. The fourth-order valence-corrected chi connectivity index (χ4v) is 4.42. The van der Waals surface area contributed by atoms with E-state index in [1.54, 1.807) is 0 Å². The maximum atomic E-state index is 12.4. The number of ether oxygens (including phenoxy) is 1. The van der Waals surface area contributed by atoms with Crippen molar-refractivity contribution in [2.75, 3.05) is 49.6 Å². The van der Waals surface area contributed by atoms with Crippen LogP contribution < -0.4 is 10.2 Å². The van der Waals surface area contributed by atoms with E-state index in [4.69, 9.17) is 17.0 Å². The van der Waals surface area contributed by atoms with Crippen molar-refractivity contribution in [2.24, 2.45) is 0 Å². The van der Waals surface area contributed by atoms with E-state index in [0.717, 1.165) is 49.4 Å². The van der Waals surface area contributed by atoms with Gasteiger partial charge in [0.2, 0.25) is 5.91 Å². The van der Waals surface area contributed by atoms with Gasteiger partial charge in [0, 0.05) is 37.6 Å². The van der Waals surface area contributed by atoms with E-state index >= 15 is 0 Å². The Balaban J connectivity index is 1.50. The molecular weight excluding hydrogens is 354 g/mol. The van der Waals surface area contributed by atoms with Gasteiger partial charge in [0.25, 0.3) is 0 Å². The van der Waals surface area contributed by atoms with Crippen LogP contribution in [0.4, 0.5) is 11.4 Å². The molecule has 0 saturated carbocycles. The molecule has 136 valence electrons. The molecule has 3 rings (SSSR count). The Morgan fingerprint density at radius 1 is 1.16 bits per heavy atom. The number of morpholine rings is 1. The summed E-state index contributed by atoms with van der Waals surface area (Å²) < 4.78 is 6.21. The van der Waals surface area contributed by atoms with Crippen molar-refractivity contribution in [1.29, 1.82) is 0 Å². The topological polar surface area (TPSA) is 44.8 Å². The van der Waals surface area contributed by atoms with Gasteiger partial charge in [0.1, 0.15) is 4.32 Å². The first-order valence-corrected chi connectivity index (χ1v) is 10.1. The lowest BCUT2D eigenvalue weighted by atomic mass is 10.2. The van der Waals surface area contributed by atoms with Crippen LogP contribution in [0.2, 0.25) is 0 Å². The lowest BCUT2D eigenvalue weighted by Gasteiger charge is -2.29. The van der Waals surface area contributed by atoms with Crippen molar-refractivity contribution in [1.82, 2.24) is 4.90 Å². The van der Waals surface area contributed by atoms with Crippen molar-refractivity contribution in [3.05, 3.63) is 24.3 Å². The second-order valence-corrected chi connectivity index (χ2v) is 8.33. The first-order chi connectivity index (χ1) is 12.1. The zero-order valence-corrected chi connectivity index (χ0v) is 16.2. The average molecular weight is 380 g/mol. The number of likely N-dealkylation sites (tertiary alicyclic amines) is 1. The molecule has 0 bridgehead atoms. The lowest BCUT2D eigenvalue weighted by Crippen LogP contribution is -2.36. The number of nitrogens with zero attached hydrogens (tertiary/aromatic N) is 2. The number of amides is 1. The molecule has 1 aromatic rings. The highest BCUT2D eigenvalue weighted by Crippen LogP contribution is 2.23. The minimum Gasteiger partial charge on any atom is -0.378 e. The number of thiocarbonyl (C=S) groups is 1. The van der Waals surface area contributed by atoms with Gasteiger partial charge < -0.3 is 19.9 Å². The minimum absolute atomic E-state index is 0.00864. The molecule has 1 N–H and O–H groups in total. The molecule has 25 heavy (non-hydrogen) atoms. The first-order valence-electron chi connectivity index (χ1n) is 8.82. The summed E-state index contributed by atoms with van der Waals surface area (Å²) in [6.45, 7) is 7.30. The van der Waals surface area contributed by atoms with Crippen LogP contribution in [0.25, 0.3) is 0 Å². The molecule has 2 aliphatic heterocycles. The number of hydrogen-bond acceptors (Lipinski definition) is 5. The third-order valence-electron chi connectivity index (χ3n) is 4.52. The molecule has 7 heteroatoms. The van der Waals surface area contributed by atoms with Crippen molar-refractivity contribution in [2.45, 2.75) is 25.0 Å². The Labute approximate surface area is 159 Å². The highest BCUT2D eigenvalue weighted by atomic mass is 32.2. The number of benzene rings is 1. The van der Waals surface area contributed by atoms with Gasteiger partial charge in [-0.3, -0.25) is 4.79 Å². The fourth-order valence-electron chi connectivity index (χ4n) is 3.00. The van der Waals surface area contributed by atoms with Gasteiger partial charge in [-0.1, -0.05) is 24.0 Å². The standard InChI is InChI=1S/C18H25N3O2S2/c1-14(25-18(24)21-8-2-3-9-21)17(22)19-15-4-6-16(7-5-15)20-10-12-23-13-11-20/h4-7,14H,2-3,8-13H2,1H3,(H,19,22)/t14-/m1/s1. The van der Waals surface area contributed by atoms with Crippen molar-refractivity contribution >= 4 is 45.6 Å². The number of carbonyl (C=O) groups is 1. The molecule has 2 saturated heterocycles. The first kappa shape index (κ1) is 18.5. The highest BCUT2D eigenvalue weighted by Gasteiger charge is 2.21. The monoisotopic (exact) mass is 379 g/mol. The summed E-state index contributed by atoms with van der Waals surface area (Å²) in [5.41, 5.74) is 1.99. The van der Waals surface area contributed by atoms with Crippen molar-refractivity contribution in [3.63, 3.8) is 0 Å². The Hall–Kier alpha value is -1.31. The predicted molar refractivity (Wildman–Crippen MR) is 109 cm³/mol. The van der Waals surface area contributed by atoms with Crippen molar-refractivity contribution < 1.29 is 9.53 Å². The summed E-state index contributed by atoms with van der Waals surface area (Å²) in [6, 6.07) is 8.01. The SMILES string of the molecule is C[C@@H](SC(=S)N1CCCC1)C(=O)Nc1ccc(N2CCOCC2)cc1. The second kappa shape index (κ2) is 8.87. The van der Waals surface area contributed by atoms with Gasteiger partial charge in [-0.25, -0.2) is 0 Å². The second-order valence-electron chi connectivity index (χ2n) is 6.36. The fraction of sp³-hybridized carbons (Fsp3) is 0.556. The molecule has 0 radical (unpaired) electrons. The lowest BCUT2D eigenvalue weighted by molar-refractivity contribution is -0.115. The van der Waals surface area contributed by atoms with Gasteiger partial charge in [0.15, 0.2) is 0 Å². The maximum absolute atomic E-state index is 12.4. The van der Waals surface area contributed by atoms with Crippen LogP contribution in [0.5, 0.6) is 0 Å². The number of anilines is 2. The van der Waals surface area contributed by atoms with E-state index in [1.165, 1.54) is 30.3 Å². The third kappa shape index (κ3) is 5.09. The summed E-state index contributed by atoms with van der Waals surface area (Å²) in [6.07, 6.45) is 2.38. The molecule has 0 aliphatic carbocycles. The molecule has 2 aliphatic rings. The summed E-state index contributed by atoms with van der Waals surface area (Å²) in [5, 5.41) is 2.78. The number of thioether (sulfide) groups is 1. The van der Waals surface area contributed by atoms with E-state index in [9.17, 15) is 4.79 Å². The van der Waals surface area contributed by atoms with Crippen LogP contribution in [-0.4, -0.2) is 59.8 Å². The number of rotatable bonds is 4. The Morgan fingerprint density at radius 2 is 1.80 bits per heavy atom. The maximum Gasteiger partial charge on any atom is 0.237 e. The van der Waals surface area contributed by atoms with Gasteiger partial charge in [-0.05, 0) is 44.0 Å². The smallest absolute Gasteiger partial charge is 0.237 e. The molecule has 1 amide bonds. The Morgan fingerprint density at radius 3 is 2.44 bits per heavy atom. The summed E-state index contributed by atoms with van der Waals surface area (Å²) in [5.74, 6) is -0.00864. The van der Waals surface area contributed by atoms with Crippen LogP contribution in [0.15, 0.2) is 24.3 Å². The van der Waals surface area contributed by atoms with Crippen LogP contribution in [0.3, 0.4) is 0 Å². The molecule has 5 nitrogen and oxygen atoms in total. The highest BCUT2D eigenvalue weighted by molar-refractivity contribution is 8.23. The molecule has 0 aromatic heterocycles. The summed E-state index contributed by atoms with van der Waals surface area (Å²) >= 11 is 6.93. The molecule has 0 spiro atoms. The molecule has 1 atom stereocenters. The van der Waals surface area contributed by atoms with E-state index in [-0.39, 0.29) is 11.2 Å². The van der Waals surface area contributed by atoms with Crippen LogP contribution >= 0.6 is 24.0 Å². The van der Waals surface area contributed by atoms with Crippen LogP contribution in [-0.2, 0) is 9.53 Å². The van der Waals surface area contributed by atoms with E-state index in [1.807, 2.05) is 31.2 Å². The van der Waals surface area contributed by atoms with Gasteiger partial charge >= 0.3 is 0 Å². The third-order valence-corrected chi connectivity index (χ3v) is 6.10. The molecule has 2 fully saturated rings. The van der Waals surface area contributed by atoms with Crippen LogP contribution in [0.1, 0.15) is 19.8 Å². The summed E-state index contributed by atoms with van der Waals surface area (Å²) in [7, 11) is 0. The molecule has 2 heterocycles. The van der Waals surface area contributed by atoms with E-state index in [0.29, 0.717) is 0 Å². The number of hydrogen-bond donors (Lipinski definition) is 1. The van der Waals surface area contributed by atoms with Crippen molar-refractivity contribution in [3.8, 4) is 0 Å². The van der Waals surface area contributed by atoms with E-state index < -0.39 is 0 Å². The van der Waals surface area contributed by atoms with Gasteiger partial charge in [-0.15, -0.1) is 0 Å². The molecular formula is C18H25N3O2S2. The van der Waals surface area contributed by atoms with Crippen LogP contribution in [0, 0.1) is 0 Å². The summed E-state index contributed by atoms with van der Waals surface area (Å²) in [4.78, 5) is 16.9. The Kier molecular flexibility index (Phi) is 6.56. The van der Waals surface area contributed by atoms with Gasteiger partial charge in [-0.2, -0.15) is 0 Å². The zero-order chi connectivity index (χ0) is 17.6. The predicted octanol–water partition coefficient (Wildman–Crippen LogP) is 2.96. The largest absolute Gasteiger partial charge is 0.378 e. The quantitative estimate of drug-likeness (QED) is 0.812. The van der Waals surface area contributed by atoms with Gasteiger partial charge in [0.05, 0.1) is 18.5 Å². The number of nitrogens with one attached hydrogen (secondary N) is 1. The minimum atomic E-state index is -0.202. The molecule has 0 unspecified atom stereocenters. The van der Waals surface area contributed by atoms with E-state index in [2.05, 4.69) is 15.1 Å². The normalized spacial score (nSPS) is 18.9. The molecule has 1 aromatic carbocycles. The average Bonchev–Trinajstić information content (AvgIpc) is 3.18.